The zero-order valence-electron chi connectivity index (χ0n) is 22.9. The van der Waals surface area contributed by atoms with Crippen molar-refractivity contribution >= 4 is 33.2 Å². The summed E-state index contributed by atoms with van der Waals surface area (Å²) in [4.78, 5) is 30.4. The summed E-state index contributed by atoms with van der Waals surface area (Å²) in [5.74, 6) is -1.58. The maximum Gasteiger partial charge on any atom is 0.416 e. The van der Waals surface area contributed by atoms with E-state index in [1.165, 1.54) is 36.4 Å². The molecule has 0 radical (unpaired) electrons. The molecule has 3 aromatic rings. The molecule has 4 rings (SSSR count). The Labute approximate surface area is 242 Å². The number of rotatable bonds is 10. The van der Waals surface area contributed by atoms with Gasteiger partial charge in [-0.2, -0.15) is 13.2 Å². The Hall–Kier alpha value is -4.19. The Morgan fingerprint density at radius 1 is 0.976 bits per heavy atom. The number of oxime groups is 1. The van der Waals surface area contributed by atoms with Crippen LogP contribution in [-0.2, 0) is 25.8 Å². The second kappa shape index (κ2) is 12.8. The highest BCUT2D eigenvalue weighted by Crippen LogP contribution is 2.37. The minimum atomic E-state index is -4.48. The van der Waals surface area contributed by atoms with Crippen LogP contribution in [0.5, 0.6) is 0 Å². The monoisotopic (exact) mass is 601 g/mol. The fourth-order valence-corrected chi connectivity index (χ4v) is 5.75. The highest BCUT2D eigenvalue weighted by atomic mass is 32.2. The van der Waals surface area contributed by atoms with Gasteiger partial charge in [-0.05, 0) is 53.9 Å². The second-order valence-electron chi connectivity index (χ2n) is 9.93. The number of carbonyl (C=O) groups excluding carboxylic acids is 2. The smallest absolute Gasteiger partial charge is 0.387 e. The average molecular weight is 602 g/mol. The van der Waals surface area contributed by atoms with E-state index in [4.69, 9.17) is 4.84 Å². The fourth-order valence-electron chi connectivity index (χ4n) is 4.57. The van der Waals surface area contributed by atoms with Crippen molar-refractivity contribution in [3.63, 3.8) is 0 Å². The average Bonchev–Trinajstić information content (AvgIpc) is 3.34. The molecule has 8 nitrogen and oxygen atoms in total. The van der Waals surface area contributed by atoms with Crippen molar-refractivity contribution < 1.29 is 36.0 Å². The Bertz CT molecular complexity index is 1590. The lowest BCUT2D eigenvalue weighted by atomic mass is 9.89. The van der Waals surface area contributed by atoms with E-state index in [2.05, 4.69) is 15.2 Å². The molecule has 1 heterocycles. The van der Waals surface area contributed by atoms with E-state index in [0.717, 1.165) is 25.0 Å². The van der Waals surface area contributed by atoms with Crippen LogP contribution in [0.3, 0.4) is 0 Å². The van der Waals surface area contributed by atoms with Crippen molar-refractivity contribution in [1.29, 1.82) is 0 Å². The molecule has 3 aromatic carbocycles. The van der Waals surface area contributed by atoms with Gasteiger partial charge in [0, 0.05) is 17.9 Å². The molecule has 0 bridgehead atoms. The van der Waals surface area contributed by atoms with Crippen LogP contribution in [0.1, 0.15) is 72.7 Å². The molecular weight excluding hydrogens is 571 g/mol. The summed E-state index contributed by atoms with van der Waals surface area (Å²) in [7, 11) is -4.22. The lowest BCUT2D eigenvalue weighted by Crippen LogP contribution is -2.31. The quantitative estimate of drug-likeness (QED) is 0.259. The molecule has 2 amide bonds. The van der Waals surface area contributed by atoms with E-state index in [-0.39, 0.29) is 28.5 Å². The number of carbonyl (C=O) groups is 2. The second-order valence-corrected chi connectivity index (χ2v) is 11.6. The van der Waals surface area contributed by atoms with Gasteiger partial charge in [0.25, 0.3) is 15.9 Å². The predicted octanol–water partition coefficient (Wildman–Crippen LogP) is 6.45. The van der Waals surface area contributed by atoms with Gasteiger partial charge in [0.1, 0.15) is 4.90 Å². The first kappa shape index (κ1) is 30.8. The normalized spacial score (nSPS) is 16.8. The lowest BCUT2D eigenvalue weighted by Gasteiger charge is -2.17. The third kappa shape index (κ3) is 7.17. The zero-order chi connectivity index (χ0) is 30.5. The van der Waals surface area contributed by atoms with E-state index in [9.17, 15) is 31.2 Å². The minimum absolute atomic E-state index is 0.00607. The molecule has 0 spiro atoms. The van der Waals surface area contributed by atoms with E-state index >= 15 is 0 Å². The molecular formula is C30H30F3N3O5S. The Kier molecular flexibility index (Phi) is 9.35. The van der Waals surface area contributed by atoms with Crippen molar-refractivity contribution in [2.45, 2.75) is 56.7 Å². The maximum atomic E-state index is 13.2. The number of amides is 2. The first-order chi connectivity index (χ1) is 19.9. The minimum Gasteiger partial charge on any atom is -0.387 e. The number of halogens is 3. The molecule has 2 unspecified atom stereocenters. The van der Waals surface area contributed by atoms with Crippen molar-refractivity contribution in [2.24, 2.45) is 11.1 Å². The van der Waals surface area contributed by atoms with E-state index in [1.54, 1.807) is 31.2 Å². The molecule has 0 saturated heterocycles. The largest absolute Gasteiger partial charge is 0.416 e. The summed E-state index contributed by atoms with van der Waals surface area (Å²) in [6, 6.07) is 17.0. The molecule has 0 saturated carbocycles. The lowest BCUT2D eigenvalue weighted by molar-refractivity contribution is -0.137. The summed E-state index contributed by atoms with van der Waals surface area (Å²) in [5, 5.41) is 6.68. The van der Waals surface area contributed by atoms with Crippen LogP contribution in [0, 0.1) is 5.92 Å². The first-order valence-corrected chi connectivity index (χ1v) is 14.9. The zero-order valence-corrected chi connectivity index (χ0v) is 23.8. The maximum absolute atomic E-state index is 13.2. The van der Waals surface area contributed by atoms with Gasteiger partial charge in [-0.1, -0.05) is 68.2 Å². The number of anilines is 1. The van der Waals surface area contributed by atoms with Gasteiger partial charge in [-0.25, -0.2) is 13.1 Å². The van der Waals surface area contributed by atoms with Crippen LogP contribution in [0.2, 0.25) is 0 Å². The van der Waals surface area contributed by atoms with E-state index in [0.29, 0.717) is 23.3 Å². The van der Waals surface area contributed by atoms with Crippen molar-refractivity contribution in [3.8, 4) is 0 Å². The molecule has 222 valence electrons. The molecule has 42 heavy (non-hydrogen) atoms. The number of benzene rings is 3. The van der Waals surface area contributed by atoms with Crippen LogP contribution in [0.15, 0.2) is 82.8 Å². The highest BCUT2D eigenvalue weighted by Gasteiger charge is 2.36. The number of nitrogens with zero attached hydrogens (tertiary/aromatic N) is 1. The number of para-hydroxylation sites is 1. The molecule has 0 fully saturated rings. The van der Waals surface area contributed by atoms with Crippen LogP contribution < -0.4 is 10.0 Å². The predicted molar refractivity (Wildman–Crippen MR) is 151 cm³/mol. The van der Waals surface area contributed by atoms with Crippen molar-refractivity contribution in [3.05, 3.63) is 95.1 Å². The van der Waals surface area contributed by atoms with Crippen molar-refractivity contribution in [1.82, 2.24) is 4.72 Å². The van der Waals surface area contributed by atoms with Gasteiger partial charge in [-0.15, -0.1) is 0 Å². The summed E-state index contributed by atoms with van der Waals surface area (Å²) >= 11 is 0. The molecule has 1 aliphatic rings. The molecule has 12 heteroatoms. The number of sulfonamides is 1. The molecule has 2 atom stereocenters. The van der Waals surface area contributed by atoms with Gasteiger partial charge in [-0.3, -0.25) is 9.59 Å². The summed E-state index contributed by atoms with van der Waals surface area (Å²) in [6.45, 7) is 3.76. The number of hydrogen-bond acceptors (Lipinski definition) is 6. The highest BCUT2D eigenvalue weighted by molar-refractivity contribution is 7.90. The van der Waals surface area contributed by atoms with Gasteiger partial charge >= 0.3 is 6.18 Å². The van der Waals surface area contributed by atoms with E-state index < -0.39 is 39.7 Å². The number of hydrogen-bond donors (Lipinski definition) is 2. The Balaban J connectivity index is 1.45. The summed E-state index contributed by atoms with van der Waals surface area (Å²) in [5.41, 5.74) is 0.918. The van der Waals surface area contributed by atoms with Crippen LogP contribution in [0.25, 0.3) is 0 Å². The standard InChI is InChI=1S/C30H30F3N3O5S/c1-3-4-5-13-26(37)36-42(39,40)25-12-7-6-11-24(25)34-29(38)21-16-14-20(15-17-21)27-19(2)28(41-35-27)22-9-8-10-23(18-22)30(31,32)33/h6-12,14-19,28H,3-5,13H2,1-2H3,(H,34,38)(H,36,37). The number of alkyl halides is 3. The topological polar surface area (TPSA) is 114 Å². The number of unbranched alkanes of at least 4 members (excludes halogenated alkanes) is 2. The van der Waals surface area contributed by atoms with Crippen molar-refractivity contribution in [2.75, 3.05) is 5.32 Å². The summed E-state index contributed by atoms with van der Waals surface area (Å²) in [6.07, 6.45) is -2.87. The third-order valence-electron chi connectivity index (χ3n) is 6.82. The Morgan fingerprint density at radius 3 is 2.38 bits per heavy atom. The Morgan fingerprint density at radius 2 is 1.69 bits per heavy atom. The number of nitrogens with one attached hydrogen (secondary N) is 2. The molecule has 0 aliphatic carbocycles. The summed E-state index contributed by atoms with van der Waals surface area (Å²) < 4.78 is 67.3. The van der Waals surface area contributed by atoms with Gasteiger partial charge in [0.2, 0.25) is 5.91 Å². The first-order valence-electron chi connectivity index (χ1n) is 13.4. The molecule has 2 N–H and O–H groups in total. The van der Waals surface area contributed by atoms with Gasteiger partial charge in [0.05, 0.1) is 17.0 Å². The SMILES string of the molecule is CCCCCC(=O)NS(=O)(=O)c1ccccc1NC(=O)c1ccc(C2=NOC(c3cccc(C(F)(F)F)c3)C2C)cc1. The van der Waals surface area contributed by atoms with Gasteiger partial charge < -0.3 is 10.2 Å². The third-order valence-corrected chi connectivity index (χ3v) is 8.25. The van der Waals surface area contributed by atoms with Gasteiger partial charge in [0.15, 0.2) is 6.10 Å². The molecule has 1 aliphatic heterocycles. The molecule has 0 aromatic heterocycles. The van der Waals surface area contributed by atoms with E-state index in [1.807, 2.05) is 6.92 Å². The van der Waals surface area contributed by atoms with Crippen LogP contribution in [0.4, 0.5) is 18.9 Å². The van der Waals surface area contributed by atoms with Crippen LogP contribution >= 0.6 is 0 Å². The van der Waals surface area contributed by atoms with Crippen LogP contribution in [-0.4, -0.2) is 25.9 Å². The fraction of sp³-hybridized carbons (Fsp3) is 0.300.